The zero-order chi connectivity index (χ0) is 24.2. The summed E-state index contributed by atoms with van der Waals surface area (Å²) in [6, 6.07) is 18.8. The number of ether oxygens (including phenoxy) is 1. The molecule has 0 bridgehead atoms. The maximum Gasteiger partial charge on any atom is 0.345 e. The molecule has 4 aromatic rings. The molecule has 0 aromatic heterocycles. The fourth-order valence-corrected chi connectivity index (χ4v) is 3.72. The number of esters is 1. The summed E-state index contributed by atoms with van der Waals surface area (Å²) >= 11 is 12.0. The van der Waals surface area contributed by atoms with E-state index in [-0.39, 0.29) is 27.6 Å². The first kappa shape index (κ1) is 23.1. The largest absolute Gasteiger partial charge is 0.508 e. The number of hydrogen-bond donors (Lipinski definition) is 3. The molecule has 0 unspecified atom stereocenters. The molecule has 0 aliphatic carbocycles. The second-order valence-electron chi connectivity index (χ2n) is 7.11. The van der Waals surface area contributed by atoms with E-state index in [9.17, 15) is 19.8 Å². The predicted octanol–water partition coefficient (Wildman–Crippen LogP) is 5.54. The number of fused-ring (bicyclic) bond motifs is 1. The predicted molar refractivity (Wildman–Crippen MR) is 130 cm³/mol. The van der Waals surface area contributed by atoms with E-state index in [2.05, 4.69) is 10.5 Å². The molecule has 0 saturated heterocycles. The van der Waals surface area contributed by atoms with Gasteiger partial charge in [0.15, 0.2) is 0 Å². The SMILES string of the molecule is O=C(NN=Cc1c(OC(=O)c2ccc(Cl)cc2Cl)ccc2ccccc12)c1ccc(O)cc1O. The monoisotopic (exact) mass is 494 g/mol. The van der Waals surface area contributed by atoms with Crippen molar-refractivity contribution in [1.29, 1.82) is 0 Å². The fourth-order valence-electron chi connectivity index (χ4n) is 3.24. The number of amides is 1. The van der Waals surface area contributed by atoms with Crippen molar-refractivity contribution in [1.82, 2.24) is 5.43 Å². The van der Waals surface area contributed by atoms with Crippen LogP contribution in [0.1, 0.15) is 26.3 Å². The first-order valence-electron chi connectivity index (χ1n) is 9.88. The first-order valence-corrected chi connectivity index (χ1v) is 10.6. The lowest BCUT2D eigenvalue weighted by Gasteiger charge is -2.11. The number of phenolic OH excluding ortho intramolecular Hbond substituents is 2. The quantitative estimate of drug-likeness (QED) is 0.146. The van der Waals surface area contributed by atoms with Crippen molar-refractivity contribution in [2.75, 3.05) is 0 Å². The van der Waals surface area contributed by atoms with Crippen LogP contribution in [0.5, 0.6) is 17.2 Å². The molecule has 1 amide bonds. The van der Waals surface area contributed by atoms with Crippen LogP contribution in [-0.4, -0.2) is 28.3 Å². The van der Waals surface area contributed by atoms with E-state index in [1.807, 2.05) is 24.3 Å². The minimum atomic E-state index is -0.694. The van der Waals surface area contributed by atoms with Crippen molar-refractivity contribution in [3.63, 3.8) is 0 Å². The van der Waals surface area contributed by atoms with E-state index in [0.717, 1.165) is 16.8 Å². The Labute approximate surface area is 203 Å². The Bertz CT molecular complexity index is 1450. The molecule has 0 atom stereocenters. The number of halogens is 2. The number of carbonyl (C=O) groups excluding carboxylic acids is 2. The van der Waals surface area contributed by atoms with Crippen LogP contribution in [0.3, 0.4) is 0 Å². The Balaban J connectivity index is 1.64. The summed E-state index contributed by atoms with van der Waals surface area (Å²) in [6.45, 7) is 0. The van der Waals surface area contributed by atoms with Gasteiger partial charge in [0.1, 0.15) is 17.2 Å². The smallest absolute Gasteiger partial charge is 0.345 e. The molecule has 0 saturated carbocycles. The van der Waals surface area contributed by atoms with Gasteiger partial charge in [-0.15, -0.1) is 0 Å². The topological polar surface area (TPSA) is 108 Å². The summed E-state index contributed by atoms with van der Waals surface area (Å²) in [5, 5.41) is 25.3. The fraction of sp³-hybridized carbons (Fsp3) is 0. The van der Waals surface area contributed by atoms with Crippen molar-refractivity contribution in [3.05, 3.63) is 99.5 Å². The van der Waals surface area contributed by atoms with E-state index in [1.54, 1.807) is 12.1 Å². The van der Waals surface area contributed by atoms with Gasteiger partial charge in [-0.05, 0) is 47.2 Å². The van der Waals surface area contributed by atoms with Crippen molar-refractivity contribution >= 4 is 52.1 Å². The average Bonchev–Trinajstić information content (AvgIpc) is 2.80. The van der Waals surface area contributed by atoms with E-state index >= 15 is 0 Å². The third-order valence-electron chi connectivity index (χ3n) is 4.87. The molecule has 7 nitrogen and oxygen atoms in total. The van der Waals surface area contributed by atoms with Gasteiger partial charge in [-0.25, -0.2) is 10.2 Å². The summed E-state index contributed by atoms with van der Waals surface area (Å²) in [5.41, 5.74) is 2.81. The Morgan fingerprint density at radius 2 is 1.68 bits per heavy atom. The Morgan fingerprint density at radius 1 is 0.912 bits per heavy atom. The highest BCUT2D eigenvalue weighted by atomic mass is 35.5. The van der Waals surface area contributed by atoms with Gasteiger partial charge in [0, 0.05) is 16.7 Å². The van der Waals surface area contributed by atoms with Gasteiger partial charge in [0.2, 0.25) is 0 Å². The summed E-state index contributed by atoms with van der Waals surface area (Å²) in [6.07, 6.45) is 1.34. The zero-order valence-electron chi connectivity index (χ0n) is 17.3. The molecule has 4 rings (SSSR count). The first-order chi connectivity index (χ1) is 16.3. The van der Waals surface area contributed by atoms with E-state index < -0.39 is 17.6 Å². The molecule has 9 heteroatoms. The Kier molecular flexibility index (Phi) is 6.67. The minimum absolute atomic E-state index is 0.0723. The highest BCUT2D eigenvalue weighted by Crippen LogP contribution is 2.29. The molecular formula is C25H16Cl2N2O5. The average molecular weight is 495 g/mol. The number of nitrogens with zero attached hydrogens (tertiary/aromatic N) is 1. The highest BCUT2D eigenvalue weighted by Gasteiger charge is 2.17. The molecule has 3 N–H and O–H groups in total. The zero-order valence-corrected chi connectivity index (χ0v) is 18.8. The molecule has 34 heavy (non-hydrogen) atoms. The molecule has 0 spiro atoms. The summed E-state index contributed by atoms with van der Waals surface area (Å²) in [4.78, 5) is 25.1. The molecule has 0 aliphatic heterocycles. The summed E-state index contributed by atoms with van der Waals surface area (Å²) in [7, 11) is 0. The van der Waals surface area contributed by atoms with Gasteiger partial charge >= 0.3 is 5.97 Å². The van der Waals surface area contributed by atoms with Crippen LogP contribution < -0.4 is 10.2 Å². The van der Waals surface area contributed by atoms with E-state index in [0.29, 0.717) is 10.6 Å². The molecular weight excluding hydrogens is 479 g/mol. The normalized spacial score (nSPS) is 11.0. The number of nitrogens with one attached hydrogen (secondary N) is 1. The van der Waals surface area contributed by atoms with Crippen molar-refractivity contribution < 1.29 is 24.5 Å². The van der Waals surface area contributed by atoms with Gasteiger partial charge in [0.05, 0.1) is 22.4 Å². The van der Waals surface area contributed by atoms with Crippen LogP contribution in [0.4, 0.5) is 0 Å². The second-order valence-corrected chi connectivity index (χ2v) is 7.96. The lowest BCUT2D eigenvalue weighted by Crippen LogP contribution is -2.18. The van der Waals surface area contributed by atoms with Gasteiger partial charge in [-0.1, -0.05) is 53.5 Å². The summed E-state index contributed by atoms with van der Waals surface area (Å²) < 4.78 is 5.60. The van der Waals surface area contributed by atoms with Crippen LogP contribution >= 0.6 is 23.2 Å². The number of phenols is 2. The molecule has 0 aliphatic rings. The molecule has 0 radical (unpaired) electrons. The van der Waals surface area contributed by atoms with Crippen LogP contribution in [0, 0.1) is 0 Å². The standard InChI is InChI=1S/C25H16Cl2N2O5/c26-15-6-8-18(21(27)11-15)25(33)34-23-10-5-14-3-1-2-4-17(14)20(23)13-28-29-24(32)19-9-7-16(30)12-22(19)31/h1-13,30-31H,(H,29,32). The second kappa shape index (κ2) is 9.82. The number of hydrogen-bond acceptors (Lipinski definition) is 6. The van der Waals surface area contributed by atoms with Gasteiger partial charge in [-0.2, -0.15) is 5.10 Å². The third-order valence-corrected chi connectivity index (χ3v) is 5.42. The lowest BCUT2D eigenvalue weighted by molar-refractivity contribution is 0.0734. The maximum atomic E-state index is 12.8. The van der Waals surface area contributed by atoms with Crippen LogP contribution in [0.25, 0.3) is 10.8 Å². The van der Waals surface area contributed by atoms with Crippen LogP contribution in [0.2, 0.25) is 10.0 Å². The molecule has 0 heterocycles. The Morgan fingerprint density at radius 3 is 2.44 bits per heavy atom. The van der Waals surface area contributed by atoms with Crippen molar-refractivity contribution in [2.24, 2.45) is 5.10 Å². The van der Waals surface area contributed by atoms with E-state index in [1.165, 1.54) is 36.5 Å². The highest BCUT2D eigenvalue weighted by molar-refractivity contribution is 6.36. The van der Waals surface area contributed by atoms with Crippen molar-refractivity contribution in [3.8, 4) is 17.2 Å². The van der Waals surface area contributed by atoms with Gasteiger partial charge < -0.3 is 14.9 Å². The number of rotatable bonds is 5. The molecule has 4 aromatic carbocycles. The van der Waals surface area contributed by atoms with Crippen LogP contribution in [0.15, 0.2) is 77.9 Å². The number of hydrazone groups is 1. The number of aromatic hydroxyl groups is 2. The Hall–Kier alpha value is -4.07. The van der Waals surface area contributed by atoms with Gasteiger partial charge in [0.25, 0.3) is 5.91 Å². The number of carbonyl (C=O) groups is 2. The molecule has 0 fully saturated rings. The summed E-state index contributed by atoms with van der Waals surface area (Å²) in [5.74, 6) is -1.77. The van der Waals surface area contributed by atoms with Crippen molar-refractivity contribution in [2.45, 2.75) is 0 Å². The molecule has 170 valence electrons. The maximum absolute atomic E-state index is 12.8. The lowest BCUT2D eigenvalue weighted by atomic mass is 10.0. The van der Waals surface area contributed by atoms with Crippen LogP contribution in [-0.2, 0) is 0 Å². The third kappa shape index (κ3) is 4.96. The van der Waals surface area contributed by atoms with Gasteiger partial charge in [-0.3, -0.25) is 4.79 Å². The van der Waals surface area contributed by atoms with E-state index in [4.69, 9.17) is 27.9 Å². The number of benzene rings is 4. The minimum Gasteiger partial charge on any atom is -0.508 e.